The van der Waals surface area contributed by atoms with Crippen LogP contribution in [0.5, 0.6) is 0 Å². The predicted molar refractivity (Wildman–Crippen MR) is 80.1 cm³/mol. The third-order valence-corrected chi connectivity index (χ3v) is 2.51. The first-order valence-electron chi connectivity index (χ1n) is 6.28. The second kappa shape index (κ2) is 6.77. The van der Waals surface area contributed by atoms with Crippen molar-refractivity contribution in [3.63, 3.8) is 0 Å². The highest BCUT2D eigenvalue weighted by Gasteiger charge is 2.04. The molecule has 0 aliphatic heterocycles. The molecule has 0 atom stereocenters. The normalized spacial score (nSPS) is 12.4. The summed E-state index contributed by atoms with van der Waals surface area (Å²) in [6, 6.07) is 3.69. The molecule has 0 fully saturated rings. The van der Waals surface area contributed by atoms with Gasteiger partial charge in [0.05, 0.1) is 12.4 Å². The molecule has 0 amide bonds. The summed E-state index contributed by atoms with van der Waals surface area (Å²) >= 11 is 0. The van der Waals surface area contributed by atoms with Crippen molar-refractivity contribution < 1.29 is 0 Å². The molecule has 2 aromatic rings. The Morgan fingerprint density at radius 3 is 1.64 bits per heavy atom. The van der Waals surface area contributed by atoms with Crippen molar-refractivity contribution in [1.29, 1.82) is 10.5 Å². The molecular weight excluding hydrogens is 280 g/mol. The van der Waals surface area contributed by atoms with E-state index in [0.29, 0.717) is 11.6 Å². The number of imidazole rings is 2. The van der Waals surface area contributed by atoms with Gasteiger partial charge in [0.2, 0.25) is 0 Å². The fourth-order valence-corrected chi connectivity index (χ4v) is 1.53. The van der Waals surface area contributed by atoms with Crippen LogP contribution in [-0.2, 0) is 0 Å². The molecule has 108 valence electrons. The summed E-state index contributed by atoms with van der Waals surface area (Å²) in [6.07, 6.45) is 6.02. The van der Waals surface area contributed by atoms with E-state index in [1.54, 1.807) is 12.4 Å². The number of hydrogen-bond donors (Lipinski definition) is 2. The van der Waals surface area contributed by atoms with E-state index >= 15 is 0 Å². The van der Waals surface area contributed by atoms with Crippen molar-refractivity contribution in [2.24, 2.45) is 9.98 Å². The molecule has 0 saturated heterocycles. The van der Waals surface area contributed by atoms with Gasteiger partial charge in [0, 0.05) is 23.8 Å². The van der Waals surface area contributed by atoms with Crippen LogP contribution in [0.25, 0.3) is 0 Å². The average Bonchev–Trinajstić information content (AvgIpc) is 3.11. The minimum Gasteiger partial charge on any atom is -0.341 e. The van der Waals surface area contributed by atoms with Gasteiger partial charge in [-0.15, -0.1) is 0 Å². The molecule has 8 heteroatoms. The molecule has 22 heavy (non-hydrogen) atoms. The maximum absolute atomic E-state index is 9.11. The number of H-pyrrole nitrogens is 2. The van der Waals surface area contributed by atoms with Gasteiger partial charge < -0.3 is 9.97 Å². The van der Waals surface area contributed by atoms with Crippen LogP contribution >= 0.6 is 0 Å². The smallest absolute Gasteiger partial charge is 0.177 e. The van der Waals surface area contributed by atoms with Crippen LogP contribution in [-0.4, -0.2) is 32.4 Å². The maximum atomic E-state index is 9.11. The number of aliphatic imine (C=N–C) groups is 2. The molecule has 2 N–H and O–H groups in total. The van der Waals surface area contributed by atoms with Crippen molar-refractivity contribution in [2.45, 2.75) is 13.8 Å². The second-order valence-corrected chi connectivity index (χ2v) is 4.34. The minimum absolute atomic E-state index is 0.101. The molecule has 0 spiro atoms. The van der Waals surface area contributed by atoms with Gasteiger partial charge in [-0.3, -0.25) is 0 Å². The number of aryl methyl sites for hydroxylation is 2. The molecule has 0 aliphatic rings. The Bertz CT molecular complexity index is 765. The van der Waals surface area contributed by atoms with Gasteiger partial charge in [0.15, 0.2) is 11.4 Å². The number of hydrogen-bond acceptors (Lipinski definition) is 6. The zero-order valence-electron chi connectivity index (χ0n) is 12.0. The van der Waals surface area contributed by atoms with Crippen molar-refractivity contribution in [2.75, 3.05) is 0 Å². The molecule has 8 nitrogen and oxygen atoms in total. The molecule has 0 radical (unpaired) electrons. The topological polar surface area (TPSA) is 130 Å². The van der Waals surface area contributed by atoms with Crippen LogP contribution in [0.15, 0.2) is 33.8 Å². The third-order valence-electron chi connectivity index (χ3n) is 2.51. The summed E-state index contributed by atoms with van der Waals surface area (Å²) < 4.78 is 0. The Hall–Kier alpha value is -3.52. The fraction of sp³-hybridized carbons (Fsp3) is 0.143. The summed E-state index contributed by atoms with van der Waals surface area (Å²) in [5.74, 6) is 0.987. The highest BCUT2D eigenvalue weighted by molar-refractivity contribution is 5.78. The van der Waals surface area contributed by atoms with Crippen LogP contribution in [0.3, 0.4) is 0 Å². The first kappa shape index (κ1) is 14.9. The van der Waals surface area contributed by atoms with E-state index in [4.69, 9.17) is 10.5 Å². The molecule has 0 bridgehead atoms. The van der Waals surface area contributed by atoms with E-state index in [9.17, 15) is 0 Å². The molecule has 0 aromatic carbocycles. The minimum atomic E-state index is -0.101. The Morgan fingerprint density at radius 1 is 0.955 bits per heavy atom. The van der Waals surface area contributed by atoms with Gasteiger partial charge in [0.25, 0.3) is 0 Å². The van der Waals surface area contributed by atoms with Gasteiger partial charge in [0.1, 0.15) is 23.8 Å². The predicted octanol–water partition coefficient (Wildman–Crippen LogP) is 1.55. The van der Waals surface area contributed by atoms with E-state index in [2.05, 4.69) is 29.9 Å². The van der Waals surface area contributed by atoms with Crippen molar-refractivity contribution >= 4 is 12.4 Å². The van der Waals surface area contributed by atoms with Gasteiger partial charge in [-0.2, -0.15) is 10.5 Å². The van der Waals surface area contributed by atoms with Crippen LogP contribution in [0.2, 0.25) is 0 Å². The summed E-state index contributed by atoms with van der Waals surface area (Å²) in [7, 11) is 0. The van der Waals surface area contributed by atoms with Gasteiger partial charge in [-0.1, -0.05) is 0 Å². The average molecular weight is 292 g/mol. The van der Waals surface area contributed by atoms with Crippen molar-refractivity contribution in [1.82, 2.24) is 19.9 Å². The van der Waals surface area contributed by atoms with Crippen LogP contribution in [0.4, 0.5) is 0 Å². The highest BCUT2D eigenvalue weighted by atomic mass is 14.9. The number of nitrogens with zero attached hydrogens (tertiary/aromatic N) is 6. The SMILES string of the molecule is Cc1cnc(C=N/C(C#N)=C(\C#N)N=Cc2ncc(C)[nH]2)[nH]1. The largest absolute Gasteiger partial charge is 0.341 e. The summed E-state index contributed by atoms with van der Waals surface area (Å²) in [4.78, 5) is 21.8. The zero-order valence-corrected chi connectivity index (χ0v) is 12.0. The number of nitrogens with one attached hydrogen (secondary N) is 2. The molecule has 0 unspecified atom stereocenters. The molecule has 2 aromatic heterocycles. The third kappa shape index (κ3) is 3.74. The quantitative estimate of drug-likeness (QED) is 0.653. The molecule has 0 aliphatic carbocycles. The summed E-state index contributed by atoms with van der Waals surface area (Å²) in [5, 5.41) is 18.2. The highest BCUT2D eigenvalue weighted by Crippen LogP contribution is 2.06. The Morgan fingerprint density at radius 2 is 1.36 bits per heavy atom. The maximum Gasteiger partial charge on any atom is 0.177 e. The Balaban J connectivity index is 2.25. The van der Waals surface area contributed by atoms with E-state index in [0.717, 1.165) is 11.4 Å². The van der Waals surface area contributed by atoms with Crippen molar-refractivity contribution in [3.8, 4) is 12.1 Å². The Labute approximate surface area is 126 Å². The van der Waals surface area contributed by atoms with Crippen LogP contribution < -0.4 is 0 Å². The van der Waals surface area contributed by atoms with E-state index in [-0.39, 0.29) is 11.4 Å². The van der Waals surface area contributed by atoms with Crippen LogP contribution in [0.1, 0.15) is 23.0 Å². The fourth-order valence-electron chi connectivity index (χ4n) is 1.53. The number of rotatable bonds is 4. The lowest BCUT2D eigenvalue weighted by molar-refractivity contribution is 1.20. The molecule has 0 saturated carbocycles. The molecule has 2 rings (SSSR count). The van der Waals surface area contributed by atoms with Crippen LogP contribution in [0, 0.1) is 36.5 Å². The van der Waals surface area contributed by atoms with E-state index < -0.39 is 0 Å². The number of aromatic amines is 2. The Kier molecular flexibility index (Phi) is 4.58. The lowest BCUT2D eigenvalue weighted by atomic mass is 10.3. The molecular formula is C14H12N8. The lowest BCUT2D eigenvalue weighted by Crippen LogP contribution is -1.90. The van der Waals surface area contributed by atoms with E-state index in [1.807, 2.05) is 26.0 Å². The monoisotopic (exact) mass is 292 g/mol. The van der Waals surface area contributed by atoms with Gasteiger partial charge >= 0.3 is 0 Å². The van der Waals surface area contributed by atoms with Gasteiger partial charge in [-0.05, 0) is 13.8 Å². The molecule has 2 heterocycles. The second-order valence-electron chi connectivity index (χ2n) is 4.34. The first-order valence-corrected chi connectivity index (χ1v) is 6.28. The number of nitriles is 2. The van der Waals surface area contributed by atoms with E-state index in [1.165, 1.54) is 12.4 Å². The zero-order chi connectivity index (χ0) is 15.9. The summed E-state index contributed by atoms with van der Waals surface area (Å²) in [5.41, 5.74) is 1.54. The number of allylic oxidation sites excluding steroid dienone is 2. The summed E-state index contributed by atoms with van der Waals surface area (Å²) in [6.45, 7) is 3.70. The van der Waals surface area contributed by atoms with Crippen molar-refractivity contribution in [3.05, 3.63) is 46.8 Å². The first-order chi connectivity index (χ1) is 10.6. The standard InChI is InChI=1S/C14H12N8/c1-9-5-19-13(21-9)7-17-11(3-15)12(4-16)18-8-14-20-6-10(2)22-14/h5-8H,1-2H3,(H,19,21)(H,20,22)/b12-11+,17-7?,18-8?. The number of aromatic nitrogens is 4. The van der Waals surface area contributed by atoms with Gasteiger partial charge in [-0.25, -0.2) is 20.0 Å². The lowest BCUT2D eigenvalue weighted by Gasteiger charge is -1.91.